The largest absolute Gasteiger partial charge is 0.465 e. The van der Waals surface area contributed by atoms with Gasteiger partial charge in [0.15, 0.2) is 5.78 Å². The number of amides is 1. The predicted octanol–water partition coefficient (Wildman–Crippen LogP) is 3.57. The van der Waals surface area contributed by atoms with Gasteiger partial charge >= 0.3 is 5.97 Å². The van der Waals surface area contributed by atoms with E-state index in [1.807, 2.05) is 20.8 Å². The third-order valence-corrected chi connectivity index (χ3v) is 7.89. The molecule has 1 N–H and O–H groups in total. The summed E-state index contributed by atoms with van der Waals surface area (Å²) in [5.41, 5.74) is -0.702. The molecule has 2 aliphatic rings. The van der Waals surface area contributed by atoms with E-state index in [-0.39, 0.29) is 11.7 Å². The summed E-state index contributed by atoms with van der Waals surface area (Å²) in [6.45, 7) is 6.00. The Morgan fingerprint density at radius 2 is 1.76 bits per heavy atom. The third-order valence-electron chi connectivity index (χ3n) is 6.69. The number of rotatable bonds is 3. The lowest BCUT2D eigenvalue weighted by Crippen LogP contribution is -2.47. The van der Waals surface area contributed by atoms with E-state index in [0.717, 1.165) is 6.42 Å². The summed E-state index contributed by atoms with van der Waals surface area (Å²) >= 11 is 3.51. The van der Waals surface area contributed by atoms with Gasteiger partial charge in [0.1, 0.15) is 0 Å². The molecule has 2 aliphatic carbocycles. The normalized spacial score (nSPS) is 32.5. The van der Waals surface area contributed by atoms with Crippen LogP contribution in [-0.2, 0) is 14.3 Å². The van der Waals surface area contributed by atoms with Crippen molar-refractivity contribution in [2.75, 3.05) is 12.4 Å². The van der Waals surface area contributed by atoms with Crippen LogP contribution < -0.4 is 5.32 Å². The Kier molecular flexibility index (Phi) is 4.10. The highest BCUT2D eigenvalue weighted by atomic mass is 79.9. The van der Waals surface area contributed by atoms with Crippen LogP contribution in [0.25, 0.3) is 0 Å². The molecular weight excluding hydrogens is 386 g/mol. The van der Waals surface area contributed by atoms with Gasteiger partial charge in [0.05, 0.1) is 22.9 Å². The van der Waals surface area contributed by atoms with Crippen molar-refractivity contribution in [1.29, 1.82) is 0 Å². The molecule has 0 aliphatic heterocycles. The van der Waals surface area contributed by atoms with Crippen LogP contribution in [0.5, 0.6) is 0 Å². The topological polar surface area (TPSA) is 72.5 Å². The number of Topliss-reactive ketones (excluding diaryl/α,β-unsaturated/α-hetero) is 1. The number of esters is 1. The smallest absolute Gasteiger partial charge is 0.337 e. The first-order valence-corrected chi connectivity index (χ1v) is 9.21. The predicted molar refractivity (Wildman–Crippen MR) is 97.7 cm³/mol. The fourth-order valence-corrected chi connectivity index (χ4v) is 6.02. The minimum atomic E-state index is -0.778. The van der Waals surface area contributed by atoms with Gasteiger partial charge in [-0.3, -0.25) is 9.59 Å². The van der Waals surface area contributed by atoms with E-state index in [1.54, 1.807) is 24.3 Å². The Morgan fingerprint density at radius 1 is 1.16 bits per heavy atom. The van der Waals surface area contributed by atoms with Crippen molar-refractivity contribution in [1.82, 2.24) is 0 Å². The van der Waals surface area contributed by atoms with Gasteiger partial charge in [-0.1, -0.05) is 36.7 Å². The molecular formula is C19H22BrNO4. The zero-order chi connectivity index (χ0) is 18.6. The lowest BCUT2D eigenvalue weighted by atomic mass is 9.64. The quantitative estimate of drug-likeness (QED) is 0.613. The summed E-state index contributed by atoms with van der Waals surface area (Å²) < 4.78 is 4.67. The van der Waals surface area contributed by atoms with Crippen LogP contribution in [0.15, 0.2) is 24.3 Å². The van der Waals surface area contributed by atoms with Crippen molar-refractivity contribution in [2.45, 2.75) is 38.4 Å². The lowest BCUT2D eigenvalue weighted by Gasteiger charge is -2.39. The molecule has 134 valence electrons. The maximum absolute atomic E-state index is 13.2. The lowest BCUT2D eigenvalue weighted by molar-refractivity contribution is -0.130. The van der Waals surface area contributed by atoms with E-state index < -0.39 is 27.0 Å². The van der Waals surface area contributed by atoms with Crippen molar-refractivity contribution in [3.63, 3.8) is 0 Å². The Labute approximate surface area is 155 Å². The number of ketones is 1. The van der Waals surface area contributed by atoms with Gasteiger partial charge in [-0.2, -0.15) is 0 Å². The molecule has 25 heavy (non-hydrogen) atoms. The molecule has 2 unspecified atom stereocenters. The van der Waals surface area contributed by atoms with Crippen LogP contribution in [0.1, 0.15) is 44.0 Å². The Morgan fingerprint density at radius 3 is 2.24 bits per heavy atom. The second-order valence-corrected chi connectivity index (χ2v) is 8.59. The highest BCUT2D eigenvalue weighted by Crippen LogP contribution is 2.72. The van der Waals surface area contributed by atoms with Crippen molar-refractivity contribution >= 4 is 39.3 Å². The van der Waals surface area contributed by atoms with Gasteiger partial charge in [-0.25, -0.2) is 4.79 Å². The number of carbonyl (C=O) groups is 3. The molecule has 2 saturated carbocycles. The van der Waals surface area contributed by atoms with Gasteiger partial charge in [0.2, 0.25) is 5.91 Å². The minimum absolute atomic E-state index is 0.111. The summed E-state index contributed by atoms with van der Waals surface area (Å²) in [4.78, 5) is 37.0. The number of methoxy groups -OCH3 is 1. The number of fused-ring (bicyclic) bond motifs is 2. The standard InChI is InChI=1S/C19H22BrNO4/c1-17(2)18(3)9-10-19(17,13(20)14(18)22)16(24)21-12-7-5-11(6-8-12)15(23)25-4/h5-8,13H,9-10H2,1-4H3,(H,21,24)/t13-,18?,19?/m1/s1. The first-order valence-electron chi connectivity index (χ1n) is 8.30. The van der Waals surface area contributed by atoms with Crippen molar-refractivity contribution in [2.24, 2.45) is 16.2 Å². The summed E-state index contributed by atoms with van der Waals surface area (Å²) in [6, 6.07) is 6.55. The second kappa shape index (κ2) is 5.66. The maximum Gasteiger partial charge on any atom is 0.337 e. The van der Waals surface area contributed by atoms with Gasteiger partial charge < -0.3 is 10.1 Å². The molecule has 0 heterocycles. The first-order chi connectivity index (χ1) is 11.6. The summed E-state index contributed by atoms with van der Waals surface area (Å²) in [5.74, 6) is -0.467. The van der Waals surface area contributed by atoms with Crippen LogP contribution in [0.4, 0.5) is 5.69 Å². The average Bonchev–Trinajstić information content (AvgIpc) is 2.86. The molecule has 5 nitrogen and oxygen atoms in total. The van der Waals surface area contributed by atoms with E-state index in [9.17, 15) is 14.4 Å². The number of hydrogen-bond acceptors (Lipinski definition) is 4. The third kappa shape index (κ3) is 2.16. The molecule has 3 atom stereocenters. The van der Waals surface area contributed by atoms with Crippen LogP contribution in [0, 0.1) is 16.2 Å². The second-order valence-electron chi connectivity index (χ2n) is 7.68. The first kappa shape index (κ1) is 18.1. The Hall–Kier alpha value is -1.69. The highest BCUT2D eigenvalue weighted by Gasteiger charge is 2.76. The minimum Gasteiger partial charge on any atom is -0.465 e. The van der Waals surface area contributed by atoms with Crippen molar-refractivity contribution in [3.8, 4) is 0 Å². The van der Waals surface area contributed by atoms with E-state index >= 15 is 0 Å². The zero-order valence-electron chi connectivity index (χ0n) is 14.8. The number of benzene rings is 1. The number of halogens is 1. The fraction of sp³-hybridized carbons (Fsp3) is 0.526. The van der Waals surface area contributed by atoms with E-state index in [2.05, 4.69) is 26.0 Å². The molecule has 0 radical (unpaired) electrons. The molecule has 1 amide bonds. The molecule has 6 heteroatoms. The highest BCUT2D eigenvalue weighted by molar-refractivity contribution is 9.10. The molecule has 1 aromatic carbocycles. The number of alkyl halides is 1. The van der Waals surface area contributed by atoms with E-state index in [0.29, 0.717) is 17.7 Å². The SMILES string of the molecule is COC(=O)c1ccc(NC(=O)C23CCC(C)(C(=O)[C@H]2Br)C3(C)C)cc1. The van der Waals surface area contributed by atoms with Crippen LogP contribution in [-0.4, -0.2) is 29.6 Å². The molecule has 0 spiro atoms. The molecule has 2 bridgehead atoms. The Bertz CT molecular complexity index is 757. The number of carbonyl (C=O) groups excluding carboxylic acids is 3. The number of anilines is 1. The average molecular weight is 408 g/mol. The van der Waals surface area contributed by atoms with Gasteiger partial charge in [0, 0.05) is 11.1 Å². The van der Waals surface area contributed by atoms with Crippen LogP contribution in [0.2, 0.25) is 0 Å². The van der Waals surface area contributed by atoms with E-state index in [1.165, 1.54) is 7.11 Å². The van der Waals surface area contributed by atoms with E-state index in [4.69, 9.17) is 0 Å². The summed E-state index contributed by atoms with van der Waals surface area (Å²) in [5, 5.41) is 2.94. The van der Waals surface area contributed by atoms with Crippen LogP contribution >= 0.6 is 15.9 Å². The van der Waals surface area contributed by atoms with Gasteiger partial charge in [-0.15, -0.1) is 0 Å². The number of nitrogens with one attached hydrogen (secondary N) is 1. The maximum atomic E-state index is 13.2. The van der Waals surface area contributed by atoms with Crippen molar-refractivity contribution < 1.29 is 19.1 Å². The Balaban J connectivity index is 1.89. The summed E-state index contributed by atoms with van der Waals surface area (Å²) in [7, 11) is 1.32. The fourth-order valence-electron chi connectivity index (χ4n) is 4.51. The van der Waals surface area contributed by atoms with Gasteiger partial charge in [0.25, 0.3) is 0 Å². The monoisotopic (exact) mass is 407 g/mol. The van der Waals surface area contributed by atoms with Crippen molar-refractivity contribution in [3.05, 3.63) is 29.8 Å². The summed E-state index contributed by atoms with van der Waals surface area (Å²) in [6.07, 6.45) is 1.39. The number of hydrogen-bond donors (Lipinski definition) is 1. The molecule has 2 fully saturated rings. The molecule has 0 aromatic heterocycles. The molecule has 3 rings (SSSR count). The number of ether oxygens (including phenoxy) is 1. The van der Waals surface area contributed by atoms with Crippen LogP contribution in [0.3, 0.4) is 0 Å². The zero-order valence-corrected chi connectivity index (χ0v) is 16.4. The molecule has 0 saturated heterocycles. The van der Waals surface area contributed by atoms with Gasteiger partial charge in [-0.05, 0) is 42.5 Å². The molecule has 1 aromatic rings.